The molecule has 1 aromatic heterocycles. The number of anilines is 1. The summed E-state index contributed by atoms with van der Waals surface area (Å²) in [4.78, 5) is 2.38. The standard InChI is InChI=1S/C18H22N2O/c1-11-7-9-16(11)20(5)17-10-15(8-6-12(17)2)18-13(3)19-21-14(18)4/h6-8,10,16H,9H2,1-5H3/t16-/m1/s1. The van der Waals surface area contributed by atoms with Crippen LogP contribution < -0.4 is 4.90 Å². The Kier molecular flexibility index (Phi) is 3.36. The van der Waals surface area contributed by atoms with Gasteiger partial charge < -0.3 is 9.42 Å². The summed E-state index contributed by atoms with van der Waals surface area (Å²) in [5.74, 6) is 0.879. The first-order chi connectivity index (χ1) is 9.99. The van der Waals surface area contributed by atoms with Crippen LogP contribution in [0.15, 0.2) is 34.4 Å². The van der Waals surface area contributed by atoms with Crippen LogP contribution in [0.2, 0.25) is 0 Å². The van der Waals surface area contributed by atoms with E-state index in [2.05, 4.69) is 55.2 Å². The van der Waals surface area contributed by atoms with Crippen LogP contribution in [-0.4, -0.2) is 18.2 Å². The number of hydrogen-bond acceptors (Lipinski definition) is 3. The van der Waals surface area contributed by atoms with E-state index in [9.17, 15) is 0 Å². The summed E-state index contributed by atoms with van der Waals surface area (Å²) in [5, 5.41) is 4.07. The Bertz CT molecular complexity index is 693. The average Bonchev–Trinajstić information content (AvgIpc) is 2.77. The third-order valence-corrected chi connectivity index (χ3v) is 4.57. The molecule has 0 saturated heterocycles. The van der Waals surface area contributed by atoms with Gasteiger partial charge in [0.1, 0.15) is 5.76 Å². The zero-order valence-corrected chi connectivity index (χ0v) is 13.4. The van der Waals surface area contributed by atoms with E-state index in [0.717, 1.165) is 23.4 Å². The predicted octanol–water partition coefficient (Wildman–Crippen LogP) is 4.42. The summed E-state index contributed by atoms with van der Waals surface area (Å²) in [6.45, 7) is 8.34. The normalized spacial score (nSPS) is 17.4. The summed E-state index contributed by atoms with van der Waals surface area (Å²) < 4.78 is 5.30. The fraction of sp³-hybridized carbons (Fsp3) is 0.389. The van der Waals surface area contributed by atoms with Gasteiger partial charge in [-0.05, 0) is 51.3 Å². The van der Waals surface area contributed by atoms with Crippen LogP contribution in [0.1, 0.15) is 30.4 Å². The molecule has 21 heavy (non-hydrogen) atoms. The van der Waals surface area contributed by atoms with Crippen LogP contribution in [0.3, 0.4) is 0 Å². The second-order valence-electron chi connectivity index (χ2n) is 6.01. The molecule has 0 N–H and O–H groups in total. The van der Waals surface area contributed by atoms with Gasteiger partial charge in [0, 0.05) is 18.3 Å². The van der Waals surface area contributed by atoms with Crippen molar-refractivity contribution in [3.8, 4) is 11.1 Å². The van der Waals surface area contributed by atoms with Gasteiger partial charge in [-0.25, -0.2) is 0 Å². The molecular weight excluding hydrogens is 260 g/mol. The van der Waals surface area contributed by atoms with Crippen LogP contribution >= 0.6 is 0 Å². The van der Waals surface area contributed by atoms with Crippen molar-refractivity contribution in [2.75, 3.05) is 11.9 Å². The molecule has 0 aliphatic heterocycles. The number of likely N-dealkylation sites (N-methyl/N-ethyl adjacent to an activating group) is 1. The molecule has 0 amide bonds. The van der Waals surface area contributed by atoms with Gasteiger partial charge in [-0.3, -0.25) is 0 Å². The topological polar surface area (TPSA) is 29.3 Å². The van der Waals surface area contributed by atoms with E-state index in [1.807, 2.05) is 13.8 Å². The number of nitrogens with zero attached hydrogens (tertiary/aromatic N) is 2. The fourth-order valence-corrected chi connectivity index (χ4v) is 3.13. The Labute approximate surface area is 126 Å². The summed E-state index contributed by atoms with van der Waals surface area (Å²) >= 11 is 0. The van der Waals surface area contributed by atoms with E-state index in [-0.39, 0.29) is 0 Å². The molecule has 1 atom stereocenters. The molecule has 0 radical (unpaired) electrons. The van der Waals surface area contributed by atoms with E-state index in [4.69, 9.17) is 4.52 Å². The van der Waals surface area contributed by atoms with E-state index in [0.29, 0.717) is 6.04 Å². The predicted molar refractivity (Wildman–Crippen MR) is 86.7 cm³/mol. The van der Waals surface area contributed by atoms with Gasteiger partial charge in [0.25, 0.3) is 0 Å². The molecule has 1 aliphatic rings. The largest absolute Gasteiger partial charge is 0.367 e. The third-order valence-electron chi connectivity index (χ3n) is 4.57. The van der Waals surface area contributed by atoms with Crippen molar-refractivity contribution >= 4 is 5.69 Å². The third kappa shape index (κ3) is 2.27. The van der Waals surface area contributed by atoms with Crippen LogP contribution in [-0.2, 0) is 0 Å². The molecule has 3 rings (SSSR count). The minimum absolute atomic E-state index is 0.531. The highest BCUT2D eigenvalue weighted by Crippen LogP contribution is 2.35. The van der Waals surface area contributed by atoms with E-state index in [1.54, 1.807) is 0 Å². The molecule has 2 aromatic rings. The molecule has 1 aliphatic carbocycles. The van der Waals surface area contributed by atoms with Crippen LogP contribution in [0.5, 0.6) is 0 Å². The van der Waals surface area contributed by atoms with Crippen LogP contribution in [0, 0.1) is 20.8 Å². The van der Waals surface area contributed by atoms with E-state index >= 15 is 0 Å². The first-order valence-electron chi connectivity index (χ1n) is 7.42. The van der Waals surface area contributed by atoms with Crippen LogP contribution in [0.4, 0.5) is 5.69 Å². The molecule has 110 valence electrons. The Morgan fingerprint density at radius 2 is 1.95 bits per heavy atom. The van der Waals surface area contributed by atoms with Crippen molar-refractivity contribution in [3.63, 3.8) is 0 Å². The molecular formula is C18H22N2O. The van der Waals surface area contributed by atoms with Crippen molar-refractivity contribution in [1.82, 2.24) is 5.16 Å². The monoisotopic (exact) mass is 282 g/mol. The maximum absolute atomic E-state index is 5.30. The Balaban J connectivity index is 2.03. The smallest absolute Gasteiger partial charge is 0.141 e. The quantitative estimate of drug-likeness (QED) is 0.780. The van der Waals surface area contributed by atoms with Crippen molar-refractivity contribution in [3.05, 3.63) is 46.9 Å². The molecule has 0 unspecified atom stereocenters. The lowest BCUT2D eigenvalue weighted by Crippen LogP contribution is -2.37. The number of aromatic nitrogens is 1. The Morgan fingerprint density at radius 1 is 1.19 bits per heavy atom. The molecule has 1 aromatic carbocycles. The summed E-state index contributed by atoms with van der Waals surface area (Å²) in [6.07, 6.45) is 3.44. The highest BCUT2D eigenvalue weighted by molar-refractivity contribution is 5.73. The SMILES string of the molecule is CC1=CC[C@H]1N(C)c1cc(-c2c(C)noc2C)ccc1C. The Morgan fingerprint density at radius 3 is 2.48 bits per heavy atom. The van der Waals surface area contributed by atoms with Gasteiger partial charge in [-0.15, -0.1) is 0 Å². The molecule has 3 nitrogen and oxygen atoms in total. The number of rotatable bonds is 3. The minimum Gasteiger partial charge on any atom is -0.367 e. The molecule has 0 saturated carbocycles. The highest BCUT2D eigenvalue weighted by Gasteiger charge is 2.24. The first-order valence-corrected chi connectivity index (χ1v) is 7.42. The number of aryl methyl sites for hydroxylation is 3. The van der Waals surface area contributed by atoms with Gasteiger partial charge in [0.2, 0.25) is 0 Å². The van der Waals surface area contributed by atoms with E-state index < -0.39 is 0 Å². The lowest BCUT2D eigenvalue weighted by atomic mass is 9.91. The number of hydrogen-bond donors (Lipinski definition) is 0. The summed E-state index contributed by atoms with van der Waals surface area (Å²) in [5.41, 5.74) is 7.28. The zero-order chi connectivity index (χ0) is 15.1. The van der Waals surface area contributed by atoms with Crippen molar-refractivity contribution in [1.29, 1.82) is 0 Å². The van der Waals surface area contributed by atoms with Crippen molar-refractivity contribution < 1.29 is 4.52 Å². The molecule has 1 heterocycles. The number of benzene rings is 1. The minimum atomic E-state index is 0.531. The van der Waals surface area contributed by atoms with Crippen molar-refractivity contribution in [2.45, 2.75) is 40.2 Å². The second-order valence-corrected chi connectivity index (χ2v) is 6.01. The second kappa shape index (κ2) is 5.06. The molecule has 0 spiro atoms. The first kappa shape index (κ1) is 13.9. The summed E-state index contributed by atoms with van der Waals surface area (Å²) in [7, 11) is 2.18. The Hall–Kier alpha value is -2.03. The van der Waals surface area contributed by atoms with Crippen LogP contribution in [0.25, 0.3) is 11.1 Å². The average molecular weight is 282 g/mol. The fourth-order valence-electron chi connectivity index (χ4n) is 3.13. The highest BCUT2D eigenvalue weighted by atomic mass is 16.5. The van der Waals surface area contributed by atoms with Gasteiger partial charge in [0.05, 0.1) is 11.7 Å². The van der Waals surface area contributed by atoms with Crippen molar-refractivity contribution in [2.24, 2.45) is 0 Å². The maximum atomic E-state index is 5.30. The molecule has 0 bridgehead atoms. The summed E-state index contributed by atoms with van der Waals surface area (Å²) in [6, 6.07) is 7.13. The zero-order valence-electron chi connectivity index (χ0n) is 13.4. The van der Waals surface area contributed by atoms with Gasteiger partial charge in [-0.2, -0.15) is 0 Å². The van der Waals surface area contributed by atoms with E-state index in [1.165, 1.54) is 22.4 Å². The maximum Gasteiger partial charge on any atom is 0.141 e. The lowest BCUT2D eigenvalue weighted by Gasteiger charge is -2.36. The molecule has 3 heteroatoms. The lowest BCUT2D eigenvalue weighted by molar-refractivity contribution is 0.393. The van der Waals surface area contributed by atoms with Gasteiger partial charge in [-0.1, -0.05) is 28.9 Å². The molecule has 0 fully saturated rings. The van der Waals surface area contributed by atoms with Gasteiger partial charge in [0.15, 0.2) is 0 Å². The van der Waals surface area contributed by atoms with Gasteiger partial charge >= 0.3 is 0 Å².